The molecular formula is C19H36O3Si. The summed E-state index contributed by atoms with van der Waals surface area (Å²) in [6.07, 6.45) is 11.4. The summed E-state index contributed by atoms with van der Waals surface area (Å²) in [6, 6.07) is 0. The molecule has 0 aromatic heterocycles. The second-order valence-corrected chi connectivity index (χ2v) is 11.3. The van der Waals surface area contributed by atoms with E-state index in [1.807, 2.05) is 0 Å². The van der Waals surface area contributed by atoms with E-state index in [0.717, 1.165) is 56.8 Å². The first-order valence-corrected chi connectivity index (χ1v) is 11.8. The standard InChI is InChI=1S/C19H36O3Si/c1-4-7-20-23(21-8-5-2,22-9-6-3)19-13-16-10-17(14-19)12-18(11-16)15-19/h16-18H,4-15H2,1-3H3. The van der Waals surface area contributed by atoms with Crippen LogP contribution in [-0.4, -0.2) is 28.6 Å². The van der Waals surface area contributed by atoms with Crippen LogP contribution in [0.4, 0.5) is 0 Å². The van der Waals surface area contributed by atoms with Crippen LogP contribution in [0.3, 0.4) is 0 Å². The minimum absolute atomic E-state index is 0.237. The zero-order chi connectivity index (χ0) is 16.3. The summed E-state index contributed by atoms with van der Waals surface area (Å²) in [5.41, 5.74) is 0. The molecule has 4 aliphatic rings. The van der Waals surface area contributed by atoms with Gasteiger partial charge in [0.15, 0.2) is 0 Å². The average Bonchev–Trinajstić information content (AvgIpc) is 2.53. The van der Waals surface area contributed by atoms with E-state index in [1.54, 1.807) is 0 Å². The highest BCUT2D eigenvalue weighted by atomic mass is 28.4. The largest absolute Gasteiger partial charge is 0.507 e. The van der Waals surface area contributed by atoms with E-state index >= 15 is 0 Å². The van der Waals surface area contributed by atoms with E-state index in [1.165, 1.54) is 38.5 Å². The van der Waals surface area contributed by atoms with Crippen molar-refractivity contribution in [2.24, 2.45) is 17.8 Å². The number of hydrogen-bond donors (Lipinski definition) is 0. The van der Waals surface area contributed by atoms with Crippen molar-refractivity contribution in [2.75, 3.05) is 19.8 Å². The fourth-order valence-corrected chi connectivity index (χ4v) is 9.98. The fraction of sp³-hybridized carbons (Fsp3) is 1.00. The fourth-order valence-electron chi connectivity index (χ4n) is 5.78. The van der Waals surface area contributed by atoms with Gasteiger partial charge in [-0.15, -0.1) is 0 Å². The van der Waals surface area contributed by atoms with E-state index in [0.29, 0.717) is 0 Å². The predicted molar refractivity (Wildman–Crippen MR) is 95.3 cm³/mol. The third kappa shape index (κ3) is 3.42. The van der Waals surface area contributed by atoms with Crippen LogP contribution in [0.15, 0.2) is 0 Å². The summed E-state index contributed by atoms with van der Waals surface area (Å²) in [5, 5.41) is 0.237. The molecule has 4 bridgehead atoms. The molecule has 23 heavy (non-hydrogen) atoms. The second-order valence-electron chi connectivity index (χ2n) is 8.30. The Morgan fingerprint density at radius 2 is 1.04 bits per heavy atom. The Kier molecular flexibility index (Phi) is 5.88. The Balaban J connectivity index is 1.88. The van der Waals surface area contributed by atoms with Crippen molar-refractivity contribution in [3.63, 3.8) is 0 Å². The topological polar surface area (TPSA) is 27.7 Å². The Bertz CT molecular complexity index is 328. The molecule has 4 fully saturated rings. The van der Waals surface area contributed by atoms with Crippen LogP contribution < -0.4 is 0 Å². The molecule has 0 aromatic rings. The molecule has 0 aromatic carbocycles. The lowest BCUT2D eigenvalue weighted by atomic mass is 9.56. The van der Waals surface area contributed by atoms with E-state index < -0.39 is 8.80 Å². The summed E-state index contributed by atoms with van der Waals surface area (Å²) < 4.78 is 19.7. The number of hydrogen-bond acceptors (Lipinski definition) is 3. The van der Waals surface area contributed by atoms with Crippen LogP contribution in [0.5, 0.6) is 0 Å². The van der Waals surface area contributed by atoms with Gasteiger partial charge in [-0.1, -0.05) is 20.8 Å². The van der Waals surface area contributed by atoms with Crippen molar-refractivity contribution >= 4 is 8.80 Å². The Labute approximate surface area is 143 Å². The zero-order valence-electron chi connectivity index (χ0n) is 15.4. The molecule has 0 atom stereocenters. The third-order valence-electron chi connectivity index (χ3n) is 6.18. The smallest absolute Gasteiger partial charge is 0.373 e. The lowest BCUT2D eigenvalue weighted by molar-refractivity contribution is -0.0428. The summed E-state index contributed by atoms with van der Waals surface area (Å²) in [4.78, 5) is 0. The van der Waals surface area contributed by atoms with Gasteiger partial charge in [0.25, 0.3) is 0 Å². The van der Waals surface area contributed by atoms with Crippen molar-refractivity contribution in [1.82, 2.24) is 0 Å². The Hall–Kier alpha value is 0.0969. The van der Waals surface area contributed by atoms with Gasteiger partial charge in [0.2, 0.25) is 0 Å². The Morgan fingerprint density at radius 1 is 0.696 bits per heavy atom. The molecule has 0 heterocycles. The average molecular weight is 341 g/mol. The molecule has 0 unspecified atom stereocenters. The summed E-state index contributed by atoms with van der Waals surface area (Å²) >= 11 is 0. The lowest BCUT2D eigenvalue weighted by Gasteiger charge is -2.60. The van der Waals surface area contributed by atoms with Gasteiger partial charge in [-0.05, 0) is 75.5 Å². The van der Waals surface area contributed by atoms with Gasteiger partial charge in [0.1, 0.15) is 0 Å². The SMILES string of the molecule is CCCO[Si](OCCC)(OCCC)C12CC3CC(CC(C3)C1)C2. The first-order valence-electron chi connectivity index (χ1n) is 10.1. The quantitative estimate of drug-likeness (QED) is 0.513. The minimum Gasteiger partial charge on any atom is -0.373 e. The van der Waals surface area contributed by atoms with Gasteiger partial charge < -0.3 is 13.3 Å². The predicted octanol–water partition coefficient (Wildman–Crippen LogP) is 5.18. The molecule has 0 saturated heterocycles. The molecule has 4 heteroatoms. The molecule has 0 N–H and O–H groups in total. The first-order chi connectivity index (χ1) is 11.2. The zero-order valence-corrected chi connectivity index (χ0v) is 16.4. The van der Waals surface area contributed by atoms with Crippen LogP contribution in [0.25, 0.3) is 0 Å². The van der Waals surface area contributed by atoms with Gasteiger partial charge >= 0.3 is 8.80 Å². The second kappa shape index (κ2) is 7.55. The van der Waals surface area contributed by atoms with E-state index in [4.69, 9.17) is 13.3 Å². The van der Waals surface area contributed by atoms with Crippen LogP contribution in [-0.2, 0) is 13.3 Å². The van der Waals surface area contributed by atoms with Gasteiger partial charge in [-0.25, -0.2) is 0 Å². The maximum atomic E-state index is 6.56. The van der Waals surface area contributed by atoms with E-state index in [9.17, 15) is 0 Å². The molecule has 134 valence electrons. The lowest BCUT2D eigenvalue weighted by Crippen LogP contribution is -2.62. The molecular weight excluding hydrogens is 304 g/mol. The van der Waals surface area contributed by atoms with Crippen molar-refractivity contribution in [2.45, 2.75) is 83.6 Å². The molecule has 4 rings (SSSR count). The maximum absolute atomic E-state index is 6.56. The van der Waals surface area contributed by atoms with Crippen LogP contribution in [0.1, 0.15) is 78.6 Å². The molecule has 3 nitrogen and oxygen atoms in total. The highest BCUT2D eigenvalue weighted by Gasteiger charge is 2.67. The van der Waals surface area contributed by atoms with Crippen LogP contribution in [0, 0.1) is 17.8 Å². The molecule has 0 radical (unpaired) electrons. The molecule has 4 aliphatic carbocycles. The molecule has 0 spiro atoms. The van der Waals surface area contributed by atoms with Crippen LogP contribution >= 0.6 is 0 Å². The van der Waals surface area contributed by atoms with Crippen molar-refractivity contribution in [1.29, 1.82) is 0 Å². The maximum Gasteiger partial charge on any atom is 0.507 e. The highest BCUT2D eigenvalue weighted by molar-refractivity contribution is 6.64. The number of rotatable bonds is 10. The third-order valence-corrected chi connectivity index (χ3v) is 9.84. The minimum atomic E-state index is -2.61. The van der Waals surface area contributed by atoms with Crippen LogP contribution in [0.2, 0.25) is 5.04 Å². The first kappa shape index (κ1) is 17.9. The molecule has 0 amide bonds. The summed E-state index contributed by atoms with van der Waals surface area (Å²) in [5.74, 6) is 2.73. The molecule has 0 aliphatic heterocycles. The monoisotopic (exact) mass is 340 g/mol. The normalized spacial score (nSPS) is 35.9. The van der Waals surface area contributed by atoms with Gasteiger partial charge in [-0.2, -0.15) is 0 Å². The highest BCUT2D eigenvalue weighted by Crippen LogP contribution is 2.68. The van der Waals surface area contributed by atoms with Crippen molar-refractivity contribution in [3.05, 3.63) is 0 Å². The van der Waals surface area contributed by atoms with E-state index in [-0.39, 0.29) is 5.04 Å². The van der Waals surface area contributed by atoms with Gasteiger partial charge in [0, 0.05) is 24.9 Å². The Morgan fingerprint density at radius 3 is 1.35 bits per heavy atom. The molecule has 4 saturated carbocycles. The summed E-state index contributed by atoms with van der Waals surface area (Å²) in [6.45, 7) is 8.96. The van der Waals surface area contributed by atoms with Crippen molar-refractivity contribution in [3.8, 4) is 0 Å². The van der Waals surface area contributed by atoms with E-state index in [2.05, 4.69) is 20.8 Å². The van der Waals surface area contributed by atoms with Gasteiger partial charge in [-0.3, -0.25) is 0 Å². The van der Waals surface area contributed by atoms with Crippen molar-refractivity contribution < 1.29 is 13.3 Å². The van der Waals surface area contributed by atoms with Gasteiger partial charge in [0.05, 0.1) is 0 Å². The summed E-state index contributed by atoms with van der Waals surface area (Å²) in [7, 11) is -2.61.